The first-order valence-electron chi connectivity index (χ1n) is 11.0. The van der Waals surface area contributed by atoms with Crippen LogP contribution in [0.5, 0.6) is 11.5 Å². The van der Waals surface area contributed by atoms with Crippen molar-refractivity contribution in [1.29, 1.82) is 0 Å². The number of likely N-dealkylation sites (tertiary alicyclic amines) is 1. The van der Waals surface area contributed by atoms with Crippen LogP contribution in [0.25, 0.3) is 16.9 Å². The summed E-state index contributed by atoms with van der Waals surface area (Å²) in [6, 6.07) is 8.92. The molecule has 1 atom stereocenters. The number of rotatable bonds is 4. The van der Waals surface area contributed by atoms with E-state index in [1.165, 1.54) is 15.5 Å². The molecule has 36 heavy (non-hydrogen) atoms. The quantitative estimate of drug-likeness (QED) is 0.441. The van der Waals surface area contributed by atoms with Crippen molar-refractivity contribution in [3.63, 3.8) is 0 Å². The molecule has 0 saturated carbocycles. The Kier molecular flexibility index (Phi) is 5.85. The van der Waals surface area contributed by atoms with E-state index in [1.807, 2.05) is 0 Å². The molecule has 9 nitrogen and oxygen atoms in total. The number of carbonyl (C=O) groups is 1. The van der Waals surface area contributed by atoms with Gasteiger partial charge in [0.25, 0.3) is 5.91 Å². The Hall–Kier alpha value is -4.72. The monoisotopic (exact) mass is 490 g/mol. The lowest BCUT2D eigenvalue weighted by Crippen LogP contribution is -2.31. The summed E-state index contributed by atoms with van der Waals surface area (Å²) in [7, 11) is 0. The molecule has 1 amide bonds. The second-order valence-electron chi connectivity index (χ2n) is 8.19. The van der Waals surface area contributed by atoms with Crippen molar-refractivity contribution in [3.05, 3.63) is 70.9 Å². The number of nitrogens with zero attached hydrogens (tertiary/aromatic N) is 5. The highest BCUT2D eigenvalue weighted by Crippen LogP contribution is 2.29. The van der Waals surface area contributed by atoms with Crippen LogP contribution in [0.2, 0.25) is 0 Å². The summed E-state index contributed by atoms with van der Waals surface area (Å²) in [5.41, 5.74) is 6.91. The van der Waals surface area contributed by atoms with E-state index in [2.05, 4.69) is 21.8 Å². The Morgan fingerprint density at radius 2 is 1.83 bits per heavy atom. The van der Waals surface area contributed by atoms with Gasteiger partial charge in [0.15, 0.2) is 11.5 Å². The largest absolute Gasteiger partial charge is 0.457 e. The van der Waals surface area contributed by atoms with Crippen molar-refractivity contribution < 1.29 is 18.3 Å². The molecule has 1 aliphatic heterocycles. The van der Waals surface area contributed by atoms with Gasteiger partial charge in [-0.1, -0.05) is 5.92 Å². The molecule has 2 aromatic carbocycles. The minimum atomic E-state index is -0.759. The predicted octanol–water partition coefficient (Wildman–Crippen LogP) is 3.03. The number of nitrogen functional groups attached to an aromatic ring is 1. The lowest BCUT2D eigenvalue weighted by atomic mass is 10.2. The number of benzene rings is 2. The van der Waals surface area contributed by atoms with E-state index in [1.54, 1.807) is 36.1 Å². The highest BCUT2D eigenvalue weighted by atomic mass is 19.1. The van der Waals surface area contributed by atoms with Gasteiger partial charge in [-0.2, -0.15) is 0 Å². The van der Waals surface area contributed by atoms with Crippen molar-refractivity contribution in [2.45, 2.75) is 19.4 Å². The third-order valence-electron chi connectivity index (χ3n) is 5.89. The molecule has 0 spiro atoms. The number of aromatic nitrogens is 4. The SMILES string of the molecule is CC#CC(=O)N1CCC(n2c(=O)n(-c3ccc(Oc4cc(F)cc(F)c4)cc3)c3c(N)ncnc32)C1. The zero-order chi connectivity index (χ0) is 25.4. The molecule has 0 bridgehead atoms. The van der Waals surface area contributed by atoms with E-state index < -0.39 is 11.6 Å². The molecule has 11 heteroatoms. The minimum absolute atomic E-state index is 0.000221. The van der Waals surface area contributed by atoms with Gasteiger partial charge in [0.1, 0.15) is 35.0 Å². The summed E-state index contributed by atoms with van der Waals surface area (Å²) in [6.07, 6.45) is 1.84. The normalized spacial score (nSPS) is 15.1. The minimum Gasteiger partial charge on any atom is -0.457 e. The molecule has 0 aliphatic carbocycles. The predicted molar refractivity (Wildman–Crippen MR) is 128 cm³/mol. The first-order chi connectivity index (χ1) is 17.4. The number of carbonyl (C=O) groups excluding carboxylic acids is 1. The van der Waals surface area contributed by atoms with Crippen LogP contribution in [0.3, 0.4) is 0 Å². The lowest BCUT2D eigenvalue weighted by molar-refractivity contribution is -0.124. The van der Waals surface area contributed by atoms with Crippen LogP contribution in [-0.2, 0) is 4.79 Å². The second-order valence-corrected chi connectivity index (χ2v) is 8.19. The number of imidazole rings is 1. The van der Waals surface area contributed by atoms with E-state index in [9.17, 15) is 18.4 Å². The number of ether oxygens (including phenoxy) is 1. The van der Waals surface area contributed by atoms with Gasteiger partial charge in [-0.05, 0) is 43.5 Å². The van der Waals surface area contributed by atoms with E-state index in [0.29, 0.717) is 42.1 Å². The summed E-state index contributed by atoms with van der Waals surface area (Å²) < 4.78 is 35.4. The fourth-order valence-electron chi connectivity index (χ4n) is 4.35. The Labute approximate surface area is 203 Å². The Morgan fingerprint density at radius 3 is 2.53 bits per heavy atom. The van der Waals surface area contributed by atoms with Crippen LogP contribution in [0.1, 0.15) is 19.4 Å². The van der Waals surface area contributed by atoms with Crippen molar-refractivity contribution in [2.24, 2.45) is 0 Å². The first kappa shape index (κ1) is 23.0. The van der Waals surface area contributed by atoms with Gasteiger partial charge >= 0.3 is 5.69 Å². The zero-order valence-electron chi connectivity index (χ0n) is 19.1. The summed E-state index contributed by atoms with van der Waals surface area (Å²) >= 11 is 0. The summed E-state index contributed by atoms with van der Waals surface area (Å²) in [6.45, 7) is 2.37. The molecule has 1 saturated heterocycles. The average Bonchev–Trinajstić information content (AvgIpc) is 3.42. The Bertz CT molecular complexity index is 1580. The summed E-state index contributed by atoms with van der Waals surface area (Å²) in [4.78, 5) is 35.8. The molecule has 4 aromatic rings. The van der Waals surface area contributed by atoms with Gasteiger partial charge in [0, 0.05) is 31.3 Å². The van der Waals surface area contributed by atoms with Gasteiger partial charge in [0.05, 0.1) is 11.7 Å². The van der Waals surface area contributed by atoms with E-state index in [0.717, 1.165) is 18.2 Å². The van der Waals surface area contributed by atoms with Crippen molar-refractivity contribution in [3.8, 4) is 29.0 Å². The van der Waals surface area contributed by atoms with Crippen LogP contribution < -0.4 is 16.2 Å². The molecule has 182 valence electrons. The van der Waals surface area contributed by atoms with E-state index in [-0.39, 0.29) is 29.2 Å². The number of hydrogen-bond donors (Lipinski definition) is 1. The van der Waals surface area contributed by atoms with Crippen molar-refractivity contribution >= 4 is 22.9 Å². The lowest BCUT2D eigenvalue weighted by Gasteiger charge is -2.14. The first-order valence-corrected chi connectivity index (χ1v) is 11.0. The number of nitrogens with two attached hydrogens (primary N) is 1. The maximum Gasteiger partial charge on any atom is 0.335 e. The molecular formula is C25H20F2N6O3. The molecule has 5 rings (SSSR count). The molecule has 1 unspecified atom stereocenters. The molecule has 1 fully saturated rings. The van der Waals surface area contributed by atoms with Gasteiger partial charge in [0.2, 0.25) is 0 Å². The van der Waals surface area contributed by atoms with Crippen LogP contribution in [0.4, 0.5) is 14.6 Å². The second kappa shape index (κ2) is 9.14. The molecule has 2 aromatic heterocycles. The number of amides is 1. The third-order valence-corrected chi connectivity index (χ3v) is 5.89. The Morgan fingerprint density at radius 1 is 1.11 bits per heavy atom. The number of fused-ring (bicyclic) bond motifs is 1. The number of hydrogen-bond acceptors (Lipinski definition) is 6. The summed E-state index contributed by atoms with van der Waals surface area (Å²) in [5, 5.41) is 0. The average molecular weight is 490 g/mol. The Balaban J connectivity index is 1.52. The highest BCUT2D eigenvalue weighted by molar-refractivity contribution is 5.93. The van der Waals surface area contributed by atoms with Crippen molar-refractivity contribution in [2.75, 3.05) is 18.8 Å². The highest BCUT2D eigenvalue weighted by Gasteiger charge is 2.31. The third kappa shape index (κ3) is 4.13. The number of halogens is 2. The van der Waals surface area contributed by atoms with Gasteiger partial charge < -0.3 is 15.4 Å². The maximum atomic E-state index is 13.6. The van der Waals surface area contributed by atoms with Gasteiger partial charge in [-0.25, -0.2) is 23.5 Å². The van der Waals surface area contributed by atoms with Crippen LogP contribution in [0, 0.1) is 23.5 Å². The smallest absolute Gasteiger partial charge is 0.335 e. The number of anilines is 1. The van der Waals surface area contributed by atoms with E-state index >= 15 is 0 Å². The van der Waals surface area contributed by atoms with Crippen LogP contribution in [0.15, 0.2) is 53.6 Å². The standard InChI is InChI=1S/C25H20F2N6O3/c1-2-3-21(34)31-9-8-18(13-31)33-24-22(23(28)29-14-30-24)32(25(33)35)17-4-6-19(7-5-17)36-20-11-15(26)10-16(27)12-20/h4-7,10-12,14,18H,8-9,13H2,1H3,(H2,28,29,30). The topological polar surface area (TPSA) is 108 Å². The fraction of sp³-hybridized carbons (Fsp3) is 0.200. The molecule has 2 N–H and O–H groups in total. The zero-order valence-corrected chi connectivity index (χ0v) is 19.1. The van der Waals surface area contributed by atoms with Gasteiger partial charge in [-0.3, -0.25) is 13.9 Å². The molecule has 0 radical (unpaired) electrons. The van der Waals surface area contributed by atoms with Crippen molar-refractivity contribution in [1.82, 2.24) is 24.0 Å². The fourth-order valence-corrected chi connectivity index (χ4v) is 4.35. The molecule has 3 heterocycles. The van der Waals surface area contributed by atoms with E-state index in [4.69, 9.17) is 10.5 Å². The molecular weight excluding hydrogens is 470 g/mol. The van der Waals surface area contributed by atoms with Gasteiger partial charge in [-0.15, -0.1) is 0 Å². The maximum absolute atomic E-state index is 13.6. The van der Waals surface area contributed by atoms with Crippen LogP contribution >= 0.6 is 0 Å². The van der Waals surface area contributed by atoms with Crippen LogP contribution in [-0.4, -0.2) is 43.0 Å². The molecule has 1 aliphatic rings. The summed E-state index contributed by atoms with van der Waals surface area (Å²) in [5.74, 6) is 3.75.